The van der Waals surface area contributed by atoms with Gasteiger partial charge in [0, 0.05) is 48.4 Å². The summed E-state index contributed by atoms with van der Waals surface area (Å²) in [5, 5.41) is 5.22. The molecule has 2 aliphatic rings. The molecule has 0 unspecified atom stereocenters. The zero-order valence-corrected chi connectivity index (χ0v) is 16.8. The van der Waals surface area contributed by atoms with E-state index in [1.165, 1.54) is 24.2 Å². The predicted octanol–water partition coefficient (Wildman–Crippen LogP) is 3.59. The lowest BCUT2D eigenvalue weighted by Gasteiger charge is -2.32. The fourth-order valence-electron chi connectivity index (χ4n) is 3.74. The number of piperidine rings is 1. The van der Waals surface area contributed by atoms with Gasteiger partial charge in [0.15, 0.2) is 0 Å². The van der Waals surface area contributed by atoms with E-state index in [0.29, 0.717) is 30.8 Å². The summed E-state index contributed by atoms with van der Waals surface area (Å²) >= 11 is 1.45. The minimum atomic E-state index is 0.0217. The molecular weight excluding hydrogens is 384 g/mol. The average molecular weight is 407 g/mol. The van der Waals surface area contributed by atoms with Gasteiger partial charge in [-0.05, 0) is 37.8 Å². The van der Waals surface area contributed by atoms with Gasteiger partial charge in [0.2, 0.25) is 5.95 Å². The van der Waals surface area contributed by atoms with Crippen LogP contribution in [0.3, 0.4) is 0 Å². The standard InChI is InChI=1S/C21H22N6OS/c28-20(18-12-29-13-24-18)27-9-6-14(7-10-27)19-16(17-3-1-2-8-22-17)11-23-21(26-19)25-15-4-5-15/h1-3,8,11-15H,4-7,9-10H2,(H,23,25,26). The first-order valence-electron chi connectivity index (χ1n) is 10.0. The quantitative estimate of drug-likeness (QED) is 0.697. The minimum absolute atomic E-state index is 0.0217. The van der Waals surface area contributed by atoms with Crippen molar-refractivity contribution in [2.24, 2.45) is 0 Å². The van der Waals surface area contributed by atoms with E-state index in [2.05, 4.69) is 20.3 Å². The molecule has 29 heavy (non-hydrogen) atoms. The van der Waals surface area contributed by atoms with E-state index in [4.69, 9.17) is 4.98 Å². The second-order valence-electron chi connectivity index (χ2n) is 7.57. The molecule has 1 aliphatic carbocycles. The first-order valence-corrected chi connectivity index (χ1v) is 10.9. The SMILES string of the molecule is O=C(c1cscn1)N1CCC(c2nc(NC3CC3)ncc2-c2ccccn2)CC1. The van der Waals surface area contributed by atoms with Crippen molar-refractivity contribution in [1.29, 1.82) is 0 Å². The summed E-state index contributed by atoms with van der Waals surface area (Å²) in [6.07, 6.45) is 7.79. The number of amides is 1. The van der Waals surface area contributed by atoms with Crippen LogP contribution in [0.15, 0.2) is 41.5 Å². The number of carbonyl (C=O) groups is 1. The van der Waals surface area contributed by atoms with E-state index in [1.54, 1.807) is 11.7 Å². The Morgan fingerprint density at radius 2 is 1.97 bits per heavy atom. The molecule has 0 radical (unpaired) electrons. The Hall–Kier alpha value is -2.87. The summed E-state index contributed by atoms with van der Waals surface area (Å²) in [5.41, 5.74) is 5.15. The molecule has 4 heterocycles. The van der Waals surface area contributed by atoms with Crippen LogP contribution in [-0.4, -0.2) is 49.9 Å². The van der Waals surface area contributed by atoms with Crippen molar-refractivity contribution in [3.8, 4) is 11.3 Å². The molecule has 148 valence electrons. The summed E-state index contributed by atoms with van der Waals surface area (Å²) in [6, 6.07) is 6.39. The first kappa shape index (κ1) is 18.2. The number of nitrogens with one attached hydrogen (secondary N) is 1. The summed E-state index contributed by atoms with van der Waals surface area (Å²) < 4.78 is 0. The zero-order valence-electron chi connectivity index (χ0n) is 16.0. The van der Waals surface area contributed by atoms with Crippen LogP contribution in [0.1, 0.15) is 47.8 Å². The van der Waals surface area contributed by atoms with Crippen LogP contribution >= 0.6 is 11.3 Å². The topological polar surface area (TPSA) is 83.9 Å². The highest BCUT2D eigenvalue weighted by molar-refractivity contribution is 7.07. The summed E-state index contributed by atoms with van der Waals surface area (Å²) in [7, 11) is 0. The Labute approximate surface area is 173 Å². The van der Waals surface area contributed by atoms with Crippen LogP contribution in [0.4, 0.5) is 5.95 Å². The molecule has 1 saturated heterocycles. The number of hydrogen-bond acceptors (Lipinski definition) is 7. The number of thiazole rings is 1. The van der Waals surface area contributed by atoms with E-state index in [1.807, 2.05) is 34.7 Å². The second kappa shape index (κ2) is 7.87. The van der Waals surface area contributed by atoms with Crippen LogP contribution in [0, 0.1) is 0 Å². The number of rotatable bonds is 5. The van der Waals surface area contributed by atoms with Gasteiger partial charge >= 0.3 is 0 Å². The van der Waals surface area contributed by atoms with Crippen molar-refractivity contribution >= 4 is 23.2 Å². The summed E-state index contributed by atoms with van der Waals surface area (Å²) in [4.78, 5) is 32.6. The molecule has 1 amide bonds. The Bertz CT molecular complexity index is 982. The largest absolute Gasteiger partial charge is 0.351 e. The number of nitrogens with zero attached hydrogens (tertiary/aromatic N) is 5. The van der Waals surface area contributed by atoms with Gasteiger partial charge in [-0.15, -0.1) is 11.3 Å². The number of carbonyl (C=O) groups excluding carboxylic acids is 1. The molecule has 0 aromatic carbocycles. The Morgan fingerprint density at radius 1 is 1.10 bits per heavy atom. The smallest absolute Gasteiger partial charge is 0.273 e. The van der Waals surface area contributed by atoms with Gasteiger partial charge in [-0.25, -0.2) is 15.0 Å². The fraction of sp³-hybridized carbons (Fsp3) is 0.381. The van der Waals surface area contributed by atoms with Crippen molar-refractivity contribution < 1.29 is 4.79 Å². The van der Waals surface area contributed by atoms with Crippen molar-refractivity contribution in [2.75, 3.05) is 18.4 Å². The normalized spacial score (nSPS) is 17.3. The predicted molar refractivity (Wildman–Crippen MR) is 112 cm³/mol. The van der Waals surface area contributed by atoms with Crippen LogP contribution in [0.5, 0.6) is 0 Å². The lowest BCUT2D eigenvalue weighted by Crippen LogP contribution is -2.38. The van der Waals surface area contributed by atoms with Gasteiger partial charge < -0.3 is 10.2 Å². The monoisotopic (exact) mass is 406 g/mol. The Balaban J connectivity index is 1.38. The maximum Gasteiger partial charge on any atom is 0.273 e. The molecule has 7 nitrogen and oxygen atoms in total. The van der Waals surface area contributed by atoms with Crippen molar-refractivity contribution in [3.05, 3.63) is 52.9 Å². The van der Waals surface area contributed by atoms with Gasteiger partial charge in [-0.3, -0.25) is 9.78 Å². The minimum Gasteiger partial charge on any atom is -0.351 e. The second-order valence-corrected chi connectivity index (χ2v) is 8.28. The van der Waals surface area contributed by atoms with E-state index >= 15 is 0 Å². The molecule has 5 rings (SSSR count). The van der Waals surface area contributed by atoms with E-state index in [9.17, 15) is 4.79 Å². The molecule has 1 N–H and O–H groups in total. The number of aromatic nitrogens is 4. The molecule has 1 saturated carbocycles. The third kappa shape index (κ3) is 3.98. The highest BCUT2D eigenvalue weighted by Crippen LogP contribution is 2.34. The van der Waals surface area contributed by atoms with Crippen molar-refractivity contribution in [1.82, 2.24) is 24.8 Å². The van der Waals surface area contributed by atoms with Gasteiger partial charge in [0.05, 0.1) is 16.9 Å². The van der Waals surface area contributed by atoms with E-state index < -0.39 is 0 Å². The van der Waals surface area contributed by atoms with Crippen LogP contribution in [0.25, 0.3) is 11.3 Å². The maximum absolute atomic E-state index is 12.6. The van der Waals surface area contributed by atoms with Gasteiger partial charge in [-0.1, -0.05) is 6.07 Å². The maximum atomic E-state index is 12.6. The number of hydrogen-bond donors (Lipinski definition) is 1. The molecule has 0 spiro atoms. The molecule has 3 aromatic heterocycles. The van der Waals surface area contributed by atoms with Crippen molar-refractivity contribution in [2.45, 2.75) is 37.6 Å². The van der Waals surface area contributed by atoms with Crippen LogP contribution in [-0.2, 0) is 0 Å². The number of likely N-dealkylation sites (tertiary alicyclic amines) is 1. The third-order valence-electron chi connectivity index (χ3n) is 5.49. The molecule has 3 aromatic rings. The van der Waals surface area contributed by atoms with Crippen molar-refractivity contribution in [3.63, 3.8) is 0 Å². The molecular formula is C21H22N6OS. The highest BCUT2D eigenvalue weighted by atomic mass is 32.1. The highest BCUT2D eigenvalue weighted by Gasteiger charge is 2.29. The van der Waals surface area contributed by atoms with E-state index in [-0.39, 0.29) is 11.8 Å². The third-order valence-corrected chi connectivity index (χ3v) is 6.08. The van der Waals surface area contributed by atoms with Crippen LogP contribution in [0.2, 0.25) is 0 Å². The fourth-order valence-corrected chi connectivity index (χ4v) is 4.27. The van der Waals surface area contributed by atoms with Gasteiger partial charge in [-0.2, -0.15) is 0 Å². The Morgan fingerprint density at radius 3 is 2.66 bits per heavy atom. The lowest BCUT2D eigenvalue weighted by atomic mass is 9.90. The Kier molecular flexibility index (Phi) is 4.93. The summed E-state index contributed by atoms with van der Waals surface area (Å²) in [5.74, 6) is 0.992. The van der Waals surface area contributed by atoms with E-state index in [0.717, 1.165) is 29.8 Å². The lowest BCUT2D eigenvalue weighted by molar-refractivity contribution is 0.0707. The van der Waals surface area contributed by atoms with Crippen LogP contribution < -0.4 is 5.32 Å². The molecule has 1 aliphatic heterocycles. The first-order chi connectivity index (χ1) is 14.3. The van der Waals surface area contributed by atoms with Gasteiger partial charge in [0.1, 0.15) is 5.69 Å². The number of pyridine rings is 1. The molecule has 0 atom stereocenters. The molecule has 0 bridgehead atoms. The number of anilines is 1. The molecule has 2 fully saturated rings. The summed E-state index contributed by atoms with van der Waals surface area (Å²) in [6.45, 7) is 1.41. The van der Waals surface area contributed by atoms with Gasteiger partial charge in [0.25, 0.3) is 5.91 Å². The zero-order chi connectivity index (χ0) is 19.6. The average Bonchev–Trinajstić information content (AvgIpc) is 3.42. The molecule has 8 heteroatoms.